The molecule has 0 saturated carbocycles. The van der Waals surface area contributed by atoms with Crippen LogP contribution in [0.15, 0.2) is 29.2 Å². The Morgan fingerprint density at radius 2 is 2.10 bits per heavy atom. The first-order valence-electron chi connectivity index (χ1n) is 6.96. The lowest BCUT2D eigenvalue weighted by molar-refractivity contribution is -0.143. The van der Waals surface area contributed by atoms with Crippen molar-refractivity contribution in [1.82, 2.24) is 0 Å². The van der Waals surface area contributed by atoms with Gasteiger partial charge in [0.1, 0.15) is 10.4 Å². The Labute approximate surface area is 124 Å². The summed E-state index contributed by atoms with van der Waals surface area (Å²) in [5.41, 5.74) is -0.663. The summed E-state index contributed by atoms with van der Waals surface area (Å²) in [4.78, 5) is 13.5. The van der Waals surface area contributed by atoms with Gasteiger partial charge in [0, 0.05) is 6.54 Å². The van der Waals surface area contributed by atoms with Crippen molar-refractivity contribution in [3.8, 4) is 0 Å². The number of para-hydroxylation sites is 1. The van der Waals surface area contributed by atoms with Gasteiger partial charge in [-0.25, -0.2) is 18.4 Å². The van der Waals surface area contributed by atoms with E-state index in [9.17, 15) is 18.3 Å². The second-order valence-electron chi connectivity index (χ2n) is 5.35. The molecule has 0 spiro atoms. The van der Waals surface area contributed by atoms with Crippen LogP contribution in [0.3, 0.4) is 0 Å². The van der Waals surface area contributed by atoms with Crippen LogP contribution in [0.4, 0.5) is 5.69 Å². The minimum absolute atomic E-state index is 0.0198. The standard InChI is InChI=1S/C14H20N2O4S/c1-2-8-14(13(17)18)9-5-10-16(14)11-6-3-4-7-12(11)21(15,19)20/h3-4,6-7H,2,5,8-10H2,1H3,(H,17,18)(H2,15,19,20). The Balaban J connectivity index is 2.58. The van der Waals surface area contributed by atoms with Gasteiger partial charge in [0.15, 0.2) is 0 Å². The molecule has 1 aliphatic rings. The van der Waals surface area contributed by atoms with Gasteiger partial charge in [-0.2, -0.15) is 0 Å². The predicted octanol–water partition coefficient (Wildman–Crippen LogP) is 1.56. The lowest BCUT2D eigenvalue weighted by Gasteiger charge is -2.37. The van der Waals surface area contributed by atoms with Crippen molar-refractivity contribution in [3.63, 3.8) is 0 Å². The number of carbonyl (C=O) groups is 1. The highest BCUT2D eigenvalue weighted by molar-refractivity contribution is 7.89. The van der Waals surface area contributed by atoms with Crippen LogP contribution >= 0.6 is 0 Å². The average Bonchev–Trinajstić information content (AvgIpc) is 2.83. The molecule has 1 aliphatic heterocycles. The number of anilines is 1. The molecular weight excluding hydrogens is 292 g/mol. The zero-order chi connectivity index (χ0) is 15.7. The maximum absolute atomic E-state index is 11.8. The monoisotopic (exact) mass is 312 g/mol. The van der Waals surface area contributed by atoms with E-state index in [1.54, 1.807) is 23.1 Å². The number of sulfonamides is 1. The fourth-order valence-electron chi connectivity index (χ4n) is 3.15. The molecule has 7 heteroatoms. The highest BCUT2D eigenvalue weighted by atomic mass is 32.2. The van der Waals surface area contributed by atoms with Gasteiger partial charge >= 0.3 is 5.97 Å². The van der Waals surface area contributed by atoms with Gasteiger partial charge < -0.3 is 10.0 Å². The minimum atomic E-state index is -3.90. The molecule has 0 amide bonds. The second-order valence-corrected chi connectivity index (χ2v) is 6.88. The van der Waals surface area contributed by atoms with Gasteiger partial charge in [-0.3, -0.25) is 0 Å². The summed E-state index contributed by atoms with van der Waals surface area (Å²) in [7, 11) is -3.90. The van der Waals surface area contributed by atoms with E-state index in [0.29, 0.717) is 37.9 Å². The first kappa shape index (κ1) is 15.8. The van der Waals surface area contributed by atoms with Crippen LogP contribution in [0, 0.1) is 0 Å². The van der Waals surface area contributed by atoms with Crippen LogP contribution in [0.25, 0.3) is 0 Å². The van der Waals surface area contributed by atoms with Crippen molar-refractivity contribution in [2.24, 2.45) is 5.14 Å². The second kappa shape index (κ2) is 5.65. The first-order chi connectivity index (χ1) is 9.83. The van der Waals surface area contributed by atoms with Crippen molar-refractivity contribution < 1.29 is 18.3 Å². The molecule has 0 bridgehead atoms. The number of primary sulfonamides is 1. The summed E-state index contributed by atoms with van der Waals surface area (Å²) < 4.78 is 23.5. The third-order valence-corrected chi connectivity index (χ3v) is 4.97. The molecule has 116 valence electrons. The Morgan fingerprint density at radius 3 is 2.67 bits per heavy atom. The zero-order valence-electron chi connectivity index (χ0n) is 11.9. The van der Waals surface area contributed by atoms with Crippen LogP contribution in [0.2, 0.25) is 0 Å². The highest BCUT2D eigenvalue weighted by Gasteiger charge is 2.47. The molecule has 1 heterocycles. The SMILES string of the molecule is CCCC1(C(=O)O)CCCN1c1ccccc1S(N)(=O)=O. The number of carboxylic acids is 1. The Kier molecular flexibility index (Phi) is 4.25. The van der Waals surface area contributed by atoms with E-state index in [1.165, 1.54) is 6.07 Å². The van der Waals surface area contributed by atoms with Crippen molar-refractivity contribution in [2.45, 2.75) is 43.0 Å². The van der Waals surface area contributed by atoms with E-state index >= 15 is 0 Å². The predicted molar refractivity (Wildman–Crippen MR) is 79.7 cm³/mol. The van der Waals surface area contributed by atoms with Gasteiger partial charge in [0.25, 0.3) is 0 Å². The lowest BCUT2D eigenvalue weighted by atomic mass is 9.90. The lowest BCUT2D eigenvalue weighted by Crippen LogP contribution is -2.51. The van der Waals surface area contributed by atoms with Crippen LogP contribution in [0.1, 0.15) is 32.6 Å². The third kappa shape index (κ3) is 2.75. The average molecular weight is 312 g/mol. The summed E-state index contributed by atoms with van der Waals surface area (Å²) in [5, 5.41) is 15.0. The third-order valence-electron chi connectivity index (χ3n) is 4.01. The number of benzene rings is 1. The molecule has 21 heavy (non-hydrogen) atoms. The summed E-state index contributed by atoms with van der Waals surface area (Å²) in [6.07, 6.45) is 2.40. The molecule has 2 rings (SSSR count). The fourth-order valence-corrected chi connectivity index (χ4v) is 3.89. The minimum Gasteiger partial charge on any atom is -0.479 e. The molecular formula is C14H20N2O4S. The Hall–Kier alpha value is -1.60. The van der Waals surface area contributed by atoms with Gasteiger partial charge in [0.2, 0.25) is 10.0 Å². The maximum Gasteiger partial charge on any atom is 0.329 e. The van der Waals surface area contributed by atoms with Gasteiger partial charge in [-0.15, -0.1) is 0 Å². The van der Waals surface area contributed by atoms with Crippen LogP contribution in [-0.2, 0) is 14.8 Å². The number of nitrogens with zero attached hydrogens (tertiary/aromatic N) is 1. The Bertz CT molecular complexity index is 644. The first-order valence-corrected chi connectivity index (χ1v) is 8.50. The number of carboxylic acid groups (broad SMARTS) is 1. The van der Waals surface area contributed by atoms with Crippen LogP contribution in [0.5, 0.6) is 0 Å². The summed E-state index contributed by atoms with van der Waals surface area (Å²) in [5.74, 6) is -0.911. The van der Waals surface area contributed by atoms with Crippen molar-refractivity contribution in [3.05, 3.63) is 24.3 Å². The van der Waals surface area contributed by atoms with Crippen molar-refractivity contribution in [2.75, 3.05) is 11.4 Å². The summed E-state index contributed by atoms with van der Waals surface area (Å²) in [6.45, 7) is 2.44. The van der Waals surface area contributed by atoms with Crippen LogP contribution < -0.4 is 10.0 Å². The molecule has 1 aromatic rings. The normalized spacial score (nSPS) is 22.5. The number of hydrogen-bond donors (Lipinski definition) is 2. The van der Waals surface area contributed by atoms with E-state index < -0.39 is 21.5 Å². The van der Waals surface area contributed by atoms with Crippen LogP contribution in [-0.4, -0.2) is 31.6 Å². The number of hydrogen-bond acceptors (Lipinski definition) is 4. The number of nitrogens with two attached hydrogens (primary N) is 1. The van der Waals surface area contributed by atoms with Crippen molar-refractivity contribution >= 4 is 21.7 Å². The van der Waals surface area contributed by atoms with E-state index in [-0.39, 0.29) is 4.90 Å². The molecule has 0 radical (unpaired) electrons. The quantitative estimate of drug-likeness (QED) is 0.859. The molecule has 1 fully saturated rings. The molecule has 1 aromatic carbocycles. The van der Waals surface area contributed by atoms with E-state index in [1.807, 2.05) is 6.92 Å². The summed E-state index contributed by atoms with van der Waals surface area (Å²) >= 11 is 0. The molecule has 0 aromatic heterocycles. The number of rotatable bonds is 5. The van der Waals surface area contributed by atoms with E-state index in [0.717, 1.165) is 0 Å². The van der Waals surface area contributed by atoms with E-state index in [2.05, 4.69) is 0 Å². The van der Waals surface area contributed by atoms with Crippen molar-refractivity contribution in [1.29, 1.82) is 0 Å². The topological polar surface area (TPSA) is 101 Å². The Morgan fingerprint density at radius 1 is 1.43 bits per heavy atom. The molecule has 3 N–H and O–H groups in total. The largest absolute Gasteiger partial charge is 0.479 e. The maximum atomic E-state index is 11.8. The zero-order valence-corrected chi connectivity index (χ0v) is 12.8. The molecule has 1 saturated heterocycles. The highest BCUT2D eigenvalue weighted by Crippen LogP contribution is 2.40. The fraction of sp³-hybridized carbons (Fsp3) is 0.500. The number of aliphatic carboxylic acids is 1. The molecule has 0 aliphatic carbocycles. The van der Waals surface area contributed by atoms with Gasteiger partial charge in [-0.05, 0) is 31.4 Å². The summed E-state index contributed by atoms with van der Waals surface area (Å²) in [6, 6.07) is 6.32. The molecule has 6 nitrogen and oxygen atoms in total. The van der Waals surface area contributed by atoms with E-state index in [4.69, 9.17) is 5.14 Å². The van der Waals surface area contributed by atoms with Gasteiger partial charge in [-0.1, -0.05) is 25.5 Å². The smallest absolute Gasteiger partial charge is 0.329 e. The van der Waals surface area contributed by atoms with Gasteiger partial charge in [0.05, 0.1) is 5.69 Å². The molecule has 1 unspecified atom stereocenters. The molecule has 1 atom stereocenters.